The quantitative estimate of drug-likeness (QED) is 0.480. The Morgan fingerprint density at radius 3 is 1.78 bits per heavy atom. The number of rotatable bonds is 0. The summed E-state index contributed by atoms with van der Waals surface area (Å²) in [5.74, 6) is 0. The molecule has 0 aromatic rings. The van der Waals surface area contributed by atoms with Crippen molar-refractivity contribution in [3.8, 4) is 0 Å². The molecule has 0 unspecified atom stereocenters. The van der Waals surface area contributed by atoms with Crippen LogP contribution in [0.3, 0.4) is 0 Å². The fourth-order valence-electron chi connectivity index (χ4n) is 0.806. The van der Waals surface area contributed by atoms with Gasteiger partial charge in [0.15, 0.2) is 0 Å². The van der Waals surface area contributed by atoms with Gasteiger partial charge in [0, 0.05) is 5.41 Å². The van der Waals surface area contributed by atoms with Crippen molar-refractivity contribution in [2.24, 2.45) is 5.41 Å². The maximum Gasteiger partial charge on any atom is 0.332 e. The van der Waals surface area contributed by atoms with Gasteiger partial charge in [-0.25, -0.2) is 0 Å². The van der Waals surface area contributed by atoms with Crippen LogP contribution in [-0.4, -0.2) is 19.8 Å². The van der Waals surface area contributed by atoms with E-state index in [4.69, 9.17) is 13.6 Å². The monoisotopic (exact) mass is 147 g/mol. The summed E-state index contributed by atoms with van der Waals surface area (Å²) >= 11 is 0. The lowest BCUT2D eigenvalue weighted by Crippen LogP contribution is -2.40. The minimum absolute atomic E-state index is 0.114. The fraction of sp³-hybridized carbons (Fsp3) is 0.800. The molecule has 3 nitrogen and oxygen atoms in total. The summed E-state index contributed by atoms with van der Waals surface area (Å²) in [6, 6.07) is 0. The van der Waals surface area contributed by atoms with Gasteiger partial charge in [0.05, 0.1) is 19.8 Å². The molecule has 2 bridgehead atoms. The molecule has 3 heterocycles. The Balaban J connectivity index is 2.11. The second-order valence-electron chi connectivity index (χ2n) is 2.54. The van der Waals surface area contributed by atoms with E-state index in [-0.39, 0.29) is 5.41 Å². The van der Waals surface area contributed by atoms with Gasteiger partial charge in [0.25, 0.3) is 0 Å². The van der Waals surface area contributed by atoms with Crippen LogP contribution in [-0.2, 0) is 13.6 Å². The van der Waals surface area contributed by atoms with Gasteiger partial charge in [-0.05, 0) is 6.92 Å². The van der Waals surface area contributed by atoms with E-state index in [1.807, 2.05) is 0 Å². The third-order valence-corrected chi connectivity index (χ3v) is 2.45. The van der Waals surface area contributed by atoms with Crippen LogP contribution in [0.5, 0.6) is 0 Å². The van der Waals surface area contributed by atoms with Crippen molar-refractivity contribution in [2.45, 2.75) is 0 Å². The third kappa shape index (κ3) is 0.987. The maximum atomic E-state index is 5.14. The van der Waals surface area contributed by atoms with Crippen LogP contribution in [0.2, 0.25) is 0 Å². The highest BCUT2D eigenvalue weighted by Gasteiger charge is 2.40. The van der Waals surface area contributed by atoms with E-state index in [2.05, 4.69) is 6.92 Å². The van der Waals surface area contributed by atoms with Gasteiger partial charge < -0.3 is 13.6 Å². The molecule has 0 aromatic heterocycles. The zero-order chi connectivity index (χ0) is 6.32. The molecule has 0 aliphatic carbocycles. The molecule has 0 spiro atoms. The molecule has 3 aliphatic heterocycles. The largest absolute Gasteiger partial charge is 0.332 e. The van der Waals surface area contributed by atoms with Gasteiger partial charge in [-0.3, -0.25) is 0 Å². The van der Waals surface area contributed by atoms with E-state index >= 15 is 0 Å². The predicted octanol–water partition coefficient (Wildman–Crippen LogP) is 1.11. The zero-order valence-corrected chi connectivity index (χ0v) is 5.89. The molecule has 3 aliphatic rings. The topological polar surface area (TPSA) is 27.7 Å². The van der Waals surface area contributed by atoms with Gasteiger partial charge in [0.1, 0.15) is 0 Å². The standard InChI is InChI=1S/C5H8O3P/c1-5-2-6-9(7-3-5)8-4-5/h1-4H2. The molecule has 3 fully saturated rings. The van der Waals surface area contributed by atoms with Crippen LogP contribution in [0.15, 0.2) is 0 Å². The highest BCUT2D eigenvalue weighted by molar-refractivity contribution is 7.41. The van der Waals surface area contributed by atoms with Crippen molar-refractivity contribution in [3.05, 3.63) is 6.92 Å². The summed E-state index contributed by atoms with van der Waals surface area (Å²) in [6.07, 6.45) is 0. The van der Waals surface area contributed by atoms with Gasteiger partial charge in [0.2, 0.25) is 0 Å². The van der Waals surface area contributed by atoms with Crippen LogP contribution in [0, 0.1) is 12.3 Å². The first kappa shape index (κ1) is 6.05. The molecule has 0 N–H and O–H groups in total. The average molecular weight is 147 g/mol. The molecule has 3 rings (SSSR count). The Kier molecular flexibility index (Phi) is 1.27. The fourth-order valence-corrected chi connectivity index (χ4v) is 2.17. The first-order valence-electron chi connectivity index (χ1n) is 2.83. The Morgan fingerprint density at radius 2 is 1.56 bits per heavy atom. The van der Waals surface area contributed by atoms with Gasteiger partial charge >= 0.3 is 8.60 Å². The average Bonchev–Trinajstić information content (AvgIpc) is 1.90. The second-order valence-corrected chi connectivity index (χ2v) is 3.77. The van der Waals surface area contributed by atoms with Crippen LogP contribution in [0.25, 0.3) is 0 Å². The Hall–Kier alpha value is 0.310. The van der Waals surface area contributed by atoms with Crippen LogP contribution < -0.4 is 0 Å². The molecule has 0 amide bonds. The molecular formula is C5H8O3P. The minimum Gasteiger partial charge on any atom is -0.311 e. The summed E-state index contributed by atoms with van der Waals surface area (Å²) in [4.78, 5) is 0. The number of hydrogen-bond donors (Lipinski definition) is 0. The molecule has 0 saturated carbocycles. The molecule has 9 heavy (non-hydrogen) atoms. The van der Waals surface area contributed by atoms with E-state index < -0.39 is 8.60 Å². The maximum absolute atomic E-state index is 5.14. The third-order valence-electron chi connectivity index (χ3n) is 1.43. The minimum atomic E-state index is -0.975. The lowest BCUT2D eigenvalue weighted by Gasteiger charge is -2.41. The lowest BCUT2D eigenvalue weighted by atomic mass is 9.95. The first-order chi connectivity index (χ1) is 4.29. The van der Waals surface area contributed by atoms with Crippen molar-refractivity contribution in [2.75, 3.05) is 19.8 Å². The van der Waals surface area contributed by atoms with Crippen molar-refractivity contribution >= 4 is 8.60 Å². The molecule has 51 valence electrons. The molecular weight excluding hydrogens is 139 g/mol. The SMILES string of the molecule is [CH2]C12COP(OC1)OC2. The van der Waals surface area contributed by atoms with Crippen LogP contribution in [0.4, 0.5) is 0 Å². The molecule has 4 heteroatoms. The van der Waals surface area contributed by atoms with E-state index in [0.29, 0.717) is 19.8 Å². The summed E-state index contributed by atoms with van der Waals surface area (Å²) in [7, 11) is -0.975. The highest BCUT2D eigenvalue weighted by Crippen LogP contribution is 2.52. The van der Waals surface area contributed by atoms with Crippen molar-refractivity contribution in [1.29, 1.82) is 0 Å². The summed E-state index contributed by atoms with van der Waals surface area (Å²) in [5.41, 5.74) is -0.114. The van der Waals surface area contributed by atoms with E-state index in [1.54, 1.807) is 0 Å². The Morgan fingerprint density at radius 1 is 1.11 bits per heavy atom. The lowest BCUT2D eigenvalue weighted by molar-refractivity contribution is -0.0469. The van der Waals surface area contributed by atoms with Gasteiger partial charge in [-0.1, -0.05) is 0 Å². The molecule has 1 radical (unpaired) electrons. The number of fused-ring (bicyclic) bond motifs is 3. The molecule has 0 atom stereocenters. The molecule has 0 aromatic carbocycles. The van der Waals surface area contributed by atoms with E-state index in [9.17, 15) is 0 Å². The zero-order valence-electron chi connectivity index (χ0n) is 5.00. The summed E-state index contributed by atoms with van der Waals surface area (Å²) in [6.45, 7) is 6.00. The summed E-state index contributed by atoms with van der Waals surface area (Å²) in [5, 5.41) is 0. The van der Waals surface area contributed by atoms with Crippen molar-refractivity contribution in [3.63, 3.8) is 0 Å². The van der Waals surface area contributed by atoms with Gasteiger partial charge in [-0.2, -0.15) is 0 Å². The van der Waals surface area contributed by atoms with Crippen molar-refractivity contribution in [1.82, 2.24) is 0 Å². The first-order valence-corrected chi connectivity index (χ1v) is 3.92. The predicted molar refractivity (Wildman–Crippen MR) is 32.6 cm³/mol. The second kappa shape index (κ2) is 1.89. The Bertz CT molecular complexity index is 106. The van der Waals surface area contributed by atoms with E-state index in [0.717, 1.165) is 0 Å². The van der Waals surface area contributed by atoms with Gasteiger partial charge in [-0.15, -0.1) is 0 Å². The smallest absolute Gasteiger partial charge is 0.311 e. The number of hydrogen-bond acceptors (Lipinski definition) is 3. The van der Waals surface area contributed by atoms with E-state index in [1.165, 1.54) is 0 Å². The Labute approximate surface area is 55.3 Å². The van der Waals surface area contributed by atoms with Crippen LogP contribution >= 0.6 is 8.60 Å². The van der Waals surface area contributed by atoms with Crippen LogP contribution in [0.1, 0.15) is 0 Å². The normalized spacial score (nSPS) is 49.7. The highest BCUT2D eigenvalue weighted by atomic mass is 31.2. The molecule has 3 saturated heterocycles. The summed E-state index contributed by atoms with van der Waals surface area (Å²) < 4.78 is 15.4. The van der Waals surface area contributed by atoms with Crippen molar-refractivity contribution < 1.29 is 13.6 Å².